The molecule has 0 bridgehead atoms. The molecule has 0 aromatic heterocycles. The number of rotatable bonds is 8. The molecule has 1 saturated carbocycles. The summed E-state index contributed by atoms with van der Waals surface area (Å²) >= 11 is 0. The number of hydrogen-bond acceptors (Lipinski definition) is 3. The van der Waals surface area contributed by atoms with E-state index in [1.807, 2.05) is 7.11 Å². The lowest BCUT2D eigenvalue weighted by atomic mass is 9.93. The summed E-state index contributed by atoms with van der Waals surface area (Å²) in [6, 6.07) is 0.663. The molecule has 16 heavy (non-hydrogen) atoms. The van der Waals surface area contributed by atoms with E-state index in [-0.39, 0.29) is 0 Å². The minimum atomic E-state index is 0.339. The van der Waals surface area contributed by atoms with Crippen LogP contribution in [0.4, 0.5) is 0 Å². The summed E-state index contributed by atoms with van der Waals surface area (Å²) < 4.78 is 5.41. The number of unbranched alkanes of at least 4 members (excludes halogenated alkanes) is 3. The van der Waals surface area contributed by atoms with Crippen molar-refractivity contribution in [2.24, 2.45) is 0 Å². The lowest BCUT2D eigenvalue weighted by Gasteiger charge is -2.28. The van der Waals surface area contributed by atoms with Crippen LogP contribution in [0, 0.1) is 0 Å². The third-order valence-corrected chi connectivity index (χ3v) is 3.48. The molecule has 3 nitrogen and oxygen atoms in total. The minimum Gasteiger partial charge on any atom is -0.396 e. The maximum Gasteiger partial charge on any atom is 0.0586 e. The van der Waals surface area contributed by atoms with Crippen LogP contribution in [-0.2, 0) is 4.74 Å². The molecule has 1 aliphatic rings. The van der Waals surface area contributed by atoms with Crippen LogP contribution in [0.5, 0.6) is 0 Å². The molecule has 1 rings (SSSR count). The molecule has 1 aliphatic carbocycles. The first-order chi connectivity index (χ1) is 7.86. The summed E-state index contributed by atoms with van der Waals surface area (Å²) in [6.07, 6.45) is 10.0. The second-order valence-corrected chi connectivity index (χ2v) is 4.81. The molecule has 2 N–H and O–H groups in total. The quantitative estimate of drug-likeness (QED) is 0.626. The first-order valence-corrected chi connectivity index (χ1v) is 6.74. The van der Waals surface area contributed by atoms with Gasteiger partial charge in [0.25, 0.3) is 0 Å². The van der Waals surface area contributed by atoms with Gasteiger partial charge in [0.1, 0.15) is 0 Å². The van der Waals surface area contributed by atoms with Gasteiger partial charge in [-0.15, -0.1) is 0 Å². The van der Waals surface area contributed by atoms with E-state index in [9.17, 15) is 0 Å². The fourth-order valence-corrected chi connectivity index (χ4v) is 2.44. The summed E-state index contributed by atoms with van der Waals surface area (Å²) in [5.74, 6) is 0. The van der Waals surface area contributed by atoms with Crippen molar-refractivity contribution in [1.29, 1.82) is 0 Å². The third kappa shape index (κ3) is 5.83. The van der Waals surface area contributed by atoms with Crippen LogP contribution in [0.3, 0.4) is 0 Å². The van der Waals surface area contributed by atoms with Gasteiger partial charge in [-0.3, -0.25) is 0 Å². The van der Waals surface area contributed by atoms with Gasteiger partial charge in [0.2, 0.25) is 0 Å². The molecule has 0 amide bonds. The van der Waals surface area contributed by atoms with Gasteiger partial charge in [0.15, 0.2) is 0 Å². The highest BCUT2D eigenvalue weighted by Gasteiger charge is 2.20. The Balaban J connectivity index is 1.95. The molecule has 0 saturated heterocycles. The van der Waals surface area contributed by atoms with Crippen molar-refractivity contribution < 1.29 is 9.84 Å². The van der Waals surface area contributed by atoms with Crippen LogP contribution in [0.1, 0.15) is 51.4 Å². The molecule has 1 fully saturated rings. The SMILES string of the molecule is COC1CCCC(NCCCCCCO)C1. The topological polar surface area (TPSA) is 41.5 Å². The first kappa shape index (κ1) is 13.9. The van der Waals surface area contributed by atoms with E-state index < -0.39 is 0 Å². The Hall–Kier alpha value is -0.120. The van der Waals surface area contributed by atoms with E-state index in [4.69, 9.17) is 9.84 Å². The zero-order chi connectivity index (χ0) is 11.6. The van der Waals surface area contributed by atoms with E-state index in [1.165, 1.54) is 38.5 Å². The molecule has 2 atom stereocenters. The highest BCUT2D eigenvalue weighted by molar-refractivity contribution is 4.78. The molecule has 0 spiro atoms. The first-order valence-electron chi connectivity index (χ1n) is 6.74. The average molecular weight is 229 g/mol. The molecule has 0 aliphatic heterocycles. The van der Waals surface area contributed by atoms with Crippen molar-refractivity contribution >= 4 is 0 Å². The summed E-state index contributed by atoms with van der Waals surface area (Å²) in [5, 5.41) is 12.3. The van der Waals surface area contributed by atoms with Crippen LogP contribution in [0.2, 0.25) is 0 Å². The van der Waals surface area contributed by atoms with Crippen molar-refractivity contribution in [3.63, 3.8) is 0 Å². The normalized spacial score (nSPS) is 25.9. The standard InChI is InChI=1S/C13H27NO2/c1-16-13-8-6-7-12(11-13)14-9-4-2-3-5-10-15/h12-15H,2-11H2,1H3. The van der Waals surface area contributed by atoms with Gasteiger partial charge in [0.05, 0.1) is 6.10 Å². The van der Waals surface area contributed by atoms with E-state index >= 15 is 0 Å². The highest BCUT2D eigenvalue weighted by atomic mass is 16.5. The van der Waals surface area contributed by atoms with Gasteiger partial charge in [0, 0.05) is 19.8 Å². The second kappa shape index (κ2) is 8.97. The Kier molecular flexibility index (Phi) is 7.81. The molecule has 0 radical (unpaired) electrons. The maximum absolute atomic E-state index is 8.65. The van der Waals surface area contributed by atoms with Crippen molar-refractivity contribution in [3.8, 4) is 0 Å². The summed E-state index contributed by atoms with van der Waals surface area (Å²) in [6.45, 7) is 1.46. The summed E-state index contributed by atoms with van der Waals surface area (Å²) in [5.41, 5.74) is 0. The Labute approximate surface area is 99.6 Å². The average Bonchev–Trinajstić information content (AvgIpc) is 2.34. The Morgan fingerprint density at radius 1 is 1.19 bits per heavy atom. The lowest BCUT2D eigenvalue weighted by Crippen LogP contribution is -2.37. The number of nitrogens with one attached hydrogen (secondary N) is 1. The molecule has 0 aromatic carbocycles. The monoisotopic (exact) mass is 229 g/mol. The van der Waals surface area contributed by atoms with Crippen LogP contribution in [0.25, 0.3) is 0 Å². The number of aliphatic hydroxyl groups excluding tert-OH is 1. The van der Waals surface area contributed by atoms with Crippen LogP contribution >= 0.6 is 0 Å². The van der Waals surface area contributed by atoms with Crippen LogP contribution in [0.15, 0.2) is 0 Å². The fourth-order valence-electron chi connectivity index (χ4n) is 2.44. The van der Waals surface area contributed by atoms with Crippen LogP contribution in [-0.4, -0.2) is 37.5 Å². The molecule has 96 valence electrons. The Morgan fingerprint density at radius 2 is 2.00 bits per heavy atom. The van der Waals surface area contributed by atoms with Crippen LogP contribution < -0.4 is 5.32 Å². The maximum atomic E-state index is 8.65. The molecule has 0 heterocycles. The molecule has 0 aromatic rings. The van der Waals surface area contributed by atoms with Gasteiger partial charge >= 0.3 is 0 Å². The highest BCUT2D eigenvalue weighted by Crippen LogP contribution is 2.20. The zero-order valence-corrected chi connectivity index (χ0v) is 10.6. The van der Waals surface area contributed by atoms with Crippen molar-refractivity contribution in [2.45, 2.75) is 63.5 Å². The van der Waals surface area contributed by atoms with Crippen molar-refractivity contribution in [1.82, 2.24) is 5.32 Å². The number of hydrogen-bond donors (Lipinski definition) is 2. The van der Waals surface area contributed by atoms with Gasteiger partial charge < -0.3 is 15.2 Å². The zero-order valence-electron chi connectivity index (χ0n) is 10.6. The smallest absolute Gasteiger partial charge is 0.0586 e. The van der Waals surface area contributed by atoms with Gasteiger partial charge in [-0.05, 0) is 45.1 Å². The van der Waals surface area contributed by atoms with E-state index in [2.05, 4.69) is 5.32 Å². The van der Waals surface area contributed by atoms with Gasteiger partial charge in [-0.25, -0.2) is 0 Å². The molecular formula is C13H27NO2. The van der Waals surface area contributed by atoms with E-state index in [0.29, 0.717) is 18.8 Å². The minimum absolute atomic E-state index is 0.339. The van der Waals surface area contributed by atoms with Crippen molar-refractivity contribution in [2.75, 3.05) is 20.3 Å². The van der Waals surface area contributed by atoms with Gasteiger partial charge in [-0.1, -0.05) is 12.8 Å². The van der Waals surface area contributed by atoms with Crippen molar-refractivity contribution in [3.05, 3.63) is 0 Å². The number of aliphatic hydroxyl groups is 1. The largest absolute Gasteiger partial charge is 0.396 e. The predicted octanol–water partition coefficient (Wildman–Crippen LogP) is 2.09. The lowest BCUT2D eigenvalue weighted by molar-refractivity contribution is 0.0589. The summed E-state index contributed by atoms with van der Waals surface area (Å²) in [7, 11) is 1.82. The molecule has 3 heteroatoms. The third-order valence-electron chi connectivity index (χ3n) is 3.48. The van der Waals surface area contributed by atoms with E-state index in [1.54, 1.807) is 0 Å². The van der Waals surface area contributed by atoms with E-state index in [0.717, 1.165) is 19.4 Å². The van der Waals surface area contributed by atoms with Gasteiger partial charge in [-0.2, -0.15) is 0 Å². The molecular weight excluding hydrogens is 202 g/mol. The fraction of sp³-hybridized carbons (Fsp3) is 1.00. The number of methoxy groups -OCH3 is 1. The predicted molar refractivity (Wildman–Crippen MR) is 66.6 cm³/mol. The number of ether oxygens (including phenoxy) is 1. The Bertz CT molecular complexity index is 164. The summed E-state index contributed by atoms with van der Waals surface area (Å²) in [4.78, 5) is 0. The molecule has 2 unspecified atom stereocenters. The Morgan fingerprint density at radius 3 is 2.75 bits per heavy atom. The second-order valence-electron chi connectivity index (χ2n) is 4.81.